The third-order valence-electron chi connectivity index (χ3n) is 8.17. The molecular formula is C20H32O2. The van der Waals surface area contributed by atoms with Gasteiger partial charge < -0.3 is 4.74 Å². The second kappa shape index (κ2) is 4.37. The standard InChI is InChI=1S/C20H32O2/c1-12(2)14-6-8-18(4)15(14)10-13(3)11-17(21)20-16(18)7-9-19(20,5)22-20/h12-16H,6-11H2,1-5H3/t13-,14-,15-,16+,18+,19-,20-/m0/s1. The van der Waals surface area contributed by atoms with E-state index in [1.807, 2.05) is 0 Å². The first kappa shape index (κ1) is 15.2. The molecule has 1 saturated heterocycles. The fraction of sp³-hybridized carbons (Fsp3) is 0.950. The average Bonchev–Trinajstić information content (AvgIpc) is 2.74. The molecule has 0 unspecified atom stereocenters. The maximum Gasteiger partial charge on any atom is 0.168 e. The van der Waals surface area contributed by atoms with Crippen LogP contribution in [0, 0.1) is 35.0 Å². The molecule has 22 heavy (non-hydrogen) atoms. The first-order chi connectivity index (χ1) is 10.2. The quantitative estimate of drug-likeness (QED) is 0.662. The summed E-state index contributed by atoms with van der Waals surface area (Å²) in [6.45, 7) is 11.8. The Morgan fingerprint density at radius 3 is 2.55 bits per heavy atom. The molecule has 1 spiro atoms. The number of carbonyl (C=O) groups is 1. The Hall–Kier alpha value is -0.370. The maximum absolute atomic E-state index is 13.0. The zero-order chi connectivity index (χ0) is 15.9. The molecule has 2 nitrogen and oxygen atoms in total. The van der Waals surface area contributed by atoms with Crippen LogP contribution in [-0.2, 0) is 9.53 Å². The van der Waals surface area contributed by atoms with Gasteiger partial charge in [0, 0.05) is 12.3 Å². The second-order valence-electron chi connectivity index (χ2n) is 9.69. The Bertz CT molecular complexity index is 512. The molecule has 4 aliphatic rings. The van der Waals surface area contributed by atoms with Crippen molar-refractivity contribution < 1.29 is 9.53 Å². The third kappa shape index (κ3) is 1.63. The van der Waals surface area contributed by atoms with E-state index in [-0.39, 0.29) is 5.60 Å². The molecule has 3 aliphatic carbocycles. The fourth-order valence-electron chi connectivity index (χ4n) is 6.98. The summed E-state index contributed by atoms with van der Waals surface area (Å²) in [7, 11) is 0. The molecular weight excluding hydrogens is 272 g/mol. The monoisotopic (exact) mass is 304 g/mol. The van der Waals surface area contributed by atoms with Gasteiger partial charge in [0.15, 0.2) is 11.4 Å². The molecule has 0 amide bonds. The average molecular weight is 304 g/mol. The van der Waals surface area contributed by atoms with Crippen molar-refractivity contribution in [3.05, 3.63) is 0 Å². The van der Waals surface area contributed by atoms with Crippen molar-refractivity contribution in [1.82, 2.24) is 0 Å². The fourth-order valence-corrected chi connectivity index (χ4v) is 6.98. The number of carbonyl (C=O) groups excluding carboxylic acids is 1. The summed E-state index contributed by atoms with van der Waals surface area (Å²) in [6, 6.07) is 0. The number of hydrogen-bond acceptors (Lipinski definition) is 2. The van der Waals surface area contributed by atoms with Crippen molar-refractivity contribution in [2.75, 3.05) is 0 Å². The number of fused-ring (bicyclic) bond motifs is 2. The van der Waals surface area contributed by atoms with Crippen LogP contribution in [0.1, 0.15) is 73.1 Å². The number of hydrogen-bond donors (Lipinski definition) is 0. The predicted molar refractivity (Wildman–Crippen MR) is 87.5 cm³/mol. The number of epoxide rings is 1. The van der Waals surface area contributed by atoms with Crippen LogP contribution >= 0.6 is 0 Å². The minimum absolute atomic E-state index is 0.130. The van der Waals surface area contributed by atoms with Gasteiger partial charge in [-0.1, -0.05) is 27.7 Å². The molecule has 4 rings (SSSR count). The zero-order valence-corrected chi connectivity index (χ0v) is 14.9. The highest BCUT2D eigenvalue weighted by Crippen LogP contribution is 2.72. The van der Waals surface area contributed by atoms with E-state index in [1.165, 1.54) is 25.7 Å². The van der Waals surface area contributed by atoms with Crippen molar-refractivity contribution in [3.63, 3.8) is 0 Å². The molecule has 2 heteroatoms. The molecule has 0 aromatic rings. The maximum atomic E-state index is 13.0. The molecule has 4 fully saturated rings. The Morgan fingerprint density at radius 2 is 1.91 bits per heavy atom. The third-order valence-corrected chi connectivity index (χ3v) is 8.17. The highest BCUT2D eigenvalue weighted by atomic mass is 16.6. The van der Waals surface area contributed by atoms with Crippen molar-refractivity contribution >= 4 is 5.78 Å². The molecule has 0 bridgehead atoms. The molecule has 7 atom stereocenters. The minimum Gasteiger partial charge on any atom is -0.354 e. The van der Waals surface area contributed by atoms with Gasteiger partial charge in [-0.15, -0.1) is 0 Å². The Labute approximate surface area is 135 Å². The second-order valence-corrected chi connectivity index (χ2v) is 9.69. The number of Topliss-reactive ketones (excluding diaryl/α,β-unsaturated/α-hetero) is 1. The van der Waals surface area contributed by atoms with Crippen molar-refractivity contribution in [1.29, 1.82) is 0 Å². The summed E-state index contributed by atoms with van der Waals surface area (Å²) in [5.74, 6) is 3.79. The van der Waals surface area contributed by atoms with Gasteiger partial charge in [-0.25, -0.2) is 0 Å². The van der Waals surface area contributed by atoms with Crippen LogP contribution in [0.5, 0.6) is 0 Å². The summed E-state index contributed by atoms with van der Waals surface area (Å²) in [5.41, 5.74) is -0.219. The lowest BCUT2D eigenvalue weighted by Crippen LogP contribution is -2.48. The number of ketones is 1. The summed E-state index contributed by atoms with van der Waals surface area (Å²) in [4.78, 5) is 13.0. The lowest BCUT2D eigenvalue weighted by molar-refractivity contribution is -0.132. The van der Waals surface area contributed by atoms with Crippen molar-refractivity contribution in [2.24, 2.45) is 35.0 Å². The van der Waals surface area contributed by atoms with E-state index < -0.39 is 5.60 Å². The normalized spacial score (nSPS) is 57.1. The van der Waals surface area contributed by atoms with E-state index in [2.05, 4.69) is 34.6 Å². The van der Waals surface area contributed by atoms with Crippen LogP contribution in [-0.4, -0.2) is 17.0 Å². The Balaban J connectivity index is 1.78. The van der Waals surface area contributed by atoms with E-state index in [0.29, 0.717) is 23.0 Å². The molecule has 124 valence electrons. The first-order valence-corrected chi connectivity index (χ1v) is 9.48. The van der Waals surface area contributed by atoms with Crippen molar-refractivity contribution in [2.45, 2.75) is 84.3 Å². The smallest absolute Gasteiger partial charge is 0.168 e. The van der Waals surface area contributed by atoms with E-state index >= 15 is 0 Å². The van der Waals surface area contributed by atoms with Crippen LogP contribution in [0.3, 0.4) is 0 Å². The first-order valence-electron chi connectivity index (χ1n) is 9.48. The van der Waals surface area contributed by atoms with E-state index in [9.17, 15) is 4.79 Å². The van der Waals surface area contributed by atoms with Gasteiger partial charge in [0.2, 0.25) is 0 Å². The largest absolute Gasteiger partial charge is 0.354 e. The number of ether oxygens (including phenoxy) is 1. The van der Waals surface area contributed by atoms with Gasteiger partial charge in [0.1, 0.15) is 5.60 Å². The molecule has 0 radical (unpaired) electrons. The number of rotatable bonds is 1. The molecule has 0 N–H and O–H groups in total. The summed E-state index contributed by atoms with van der Waals surface area (Å²) in [6.07, 6.45) is 6.92. The lowest BCUT2D eigenvalue weighted by Gasteiger charge is -2.45. The lowest BCUT2D eigenvalue weighted by atomic mass is 9.58. The van der Waals surface area contributed by atoms with Crippen LogP contribution in [0.2, 0.25) is 0 Å². The van der Waals surface area contributed by atoms with E-state index in [1.54, 1.807) is 0 Å². The topological polar surface area (TPSA) is 29.6 Å². The molecule has 0 aromatic heterocycles. The molecule has 0 aromatic carbocycles. The van der Waals surface area contributed by atoms with Gasteiger partial charge >= 0.3 is 0 Å². The molecule has 1 heterocycles. The molecule has 1 aliphatic heterocycles. The van der Waals surface area contributed by atoms with E-state index in [0.717, 1.165) is 30.6 Å². The van der Waals surface area contributed by atoms with Crippen LogP contribution < -0.4 is 0 Å². The van der Waals surface area contributed by atoms with Gasteiger partial charge in [0.05, 0.1) is 0 Å². The zero-order valence-electron chi connectivity index (χ0n) is 14.9. The van der Waals surface area contributed by atoms with Gasteiger partial charge in [0.25, 0.3) is 0 Å². The highest BCUT2D eigenvalue weighted by Gasteiger charge is 2.81. The SMILES string of the molecule is CC(C)[C@@H]1CC[C@@]2(C)[C@H]3CC[C@]4(C)O[C@]34C(=O)C[C@@H](C)C[C@@H]12. The van der Waals surface area contributed by atoms with Crippen molar-refractivity contribution in [3.8, 4) is 0 Å². The van der Waals surface area contributed by atoms with Gasteiger partial charge in [-0.05, 0) is 68.1 Å². The van der Waals surface area contributed by atoms with Crippen LogP contribution in [0.15, 0.2) is 0 Å². The minimum atomic E-state index is -0.402. The van der Waals surface area contributed by atoms with Crippen LogP contribution in [0.25, 0.3) is 0 Å². The molecule has 3 saturated carbocycles. The summed E-state index contributed by atoms with van der Waals surface area (Å²) < 4.78 is 6.25. The van der Waals surface area contributed by atoms with Gasteiger partial charge in [-0.3, -0.25) is 4.79 Å². The summed E-state index contributed by atoms with van der Waals surface area (Å²) in [5, 5.41) is 0. The Morgan fingerprint density at radius 1 is 1.18 bits per heavy atom. The Kier molecular flexibility index (Phi) is 3.02. The highest BCUT2D eigenvalue weighted by molar-refractivity contribution is 5.93. The van der Waals surface area contributed by atoms with E-state index in [4.69, 9.17) is 4.74 Å². The van der Waals surface area contributed by atoms with Crippen LogP contribution in [0.4, 0.5) is 0 Å². The summed E-state index contributed by atoms with van der Waals surface area (Å²) >= 11 is 0. The van der Waals surface area contributed by atoms with Gasteiger partial charge in [-0.2, -0.15) is 0 Å². The predicted octanol–water partition coefficient (Wildman–Crippen LogP) is 4.61.